The quantitative estimate of drug-likeness (QED) is 0.208. The first kappa shape index (κ1) is 28.7. The zero-order chi connectivity index (χ0) is 30.5. The average Bonchev–Trinajstić information content (AvgIpc) is 3.44. The molecule has 0 spiro atoms. The molecule has 2 amide bonds. The van der Waals surface area contributed by atoms with Crippen molar-refractivity contribution >= 4 is 22.8 Å². The van der Waals surface area contributed by atoms with Crippen molar-refractivity contribution in [2.24, 2.45) is 23.7 Å². The Balaban J connectivity index is 1.03. The van der Waals surface area contributed by atoms with E-state index in [4.69, 9.17) is 9.47 Å². The van der Waals surface area contributed by atoms with Gasteiger partial charge < -0.3 is 29.8 Å². The first-order valence-electron chi connectivity index (χ1n) is 16.5. The predicted octanol–water partition coefficient (Wildman–Crippen LogP) is 7.11. The van der Waals surface area contributed by atoms with Crippen LogP contribution in [0.25, 0.3) is 11.0 Å². The molecule has 8 heteroatoms. The highest BCUT2D eigenvalue weighted by molar-refractivity contribution is 5.90. The number of carbonyl (C=O) groups is 1. The number of imidazole rings is 1. The summed E-state index contributed by atoms with van der Waals surface area (Å²) >= 11 is 0. The Labute approximate surface area is 264 Å². The molecular weight excluding hydrogens is 564 g/mol. The van der Waals surface area contributed by atoms with Gasteiger partial charge in [0.05, 0.1) is 42.7 Å². The first-order chi connectivity index (χ1) is 21.9. The normalized spacial score (nSPS) is 32.1. The standard InChI is InChI=1S/C37H42N4O4/c1-23-33(20-41-22-38-31-7-2-3-8-32(31)41)44-35(45-34(23)28-11-9-24(21-42)10-12-28)29-5-4-6-30(16-29)39-36(43)40-37-17-25-13-26(18-37)15-27(14-25)19-37/h2-12,16,22-23,25-27,33-35,42H,13-15,17-21H2,1H3,(H2,39,40,43)/t23-,25?,26?,27?,33+,34+,35+,37?/m0/s1. The molecule has 3 N–H and O–H groups in total. The Morgan fingerprint density at radius 1 is 0.933 bits per heavy atom. The van der Waals surface area contributed by atoms with Crippen LogP contribution in [0.2, 0.25) is 0 Å². The van der Waals surface area contributed by atoms with Crippen LogP contribution in [0.15, 0.2) is 79.1 Å². The van der Waals surface area contributed by atoms with Gasteiger partial charge in [-0.3, -0.25) is 0 Å². The van der Waals surface area contributed by atoms with Gasteiger partial charge in [-0.05, 0) is 91.7 Å². The van der Waals surface area contributed by atoms with Gasteiger partial charge in [-0.2, -0.15) is 0 Å². The second-order valence-electron chi connectivity index (χ2n) is 14.1. The summed E-state index contributed by atoms with van der Waals surface area (Å²) in [6.07, 6.45) is 8.22. The highest BCUT2D eigenvalue weighted by Crippen LogP contribution is 2.55. The minimum absolute atomic E-state index is 0.000342. The first-order valence-corrected chi connectivity index (χ1v) is 16.5. The minimum atomic E-state index is -0.628. The van der Waals surface area contributed by atoms with E-state index in [2.05, 4.69) is 33.2 Å². The molecule has 4 bridgehead atoms. The van der Waals surface area contributed by atoms with Crippen molar-refractivity contribution < 1.29 is 19.4 Å². The fraction of sp³-hybridized carbons (Fsp3) is 0.459. The summed E-state index contributed by atoms with van der Waals surface area (Å²) in [6, 6.07) is 23.8. The van der Waals surface area contributed by atoms with Crippen molar-refractivity contribution in [3.8, 4) is 0 Å². The lowest BCUT2D eigenvalue weighted by atomic mass is 9.53. The maximum absolute atomic E-state index is 13.3. The van der Waals surface area contributed by atoms with Crippen molar-refractivity contribution in [2.75, 3.05) is 5.32 Å². The van der Waals surface area contributed by atoms with E-state index in [1.807, 2.05) is 73.1 Å². The molecule has 0 unspecified atom stereocenters. The maximum atomic E-state index is 13.3. The molecule has 0 radical (unpaired) electrons. The number of urea groups is 1. The molecule has 234 valence electrons. The lowest BCUT2D eigenvalue weighted by molar-refractivity contribution is -0.276. The van der Waals surface area contributed by atoms with Crippen LogP contribution in [0, 0.1) is 23.7 Å². The van der Waals surface area contributed by atoms with E-state index in [0.717, 1.165) is 70.4 Å². The summed E-state index contributed by atoms with van der Waals surface area (Å²) < 4.78 is 15.6. The van der Waals surface area contributed by atoms with E-state index in [9.17, 15) is 9.90 Å². The molecule has 9 rings (SSSR count). The van der Waals surface area contributed by atoms with E-state index in [1.165, 1.54) is 19.3 Å². The zero-order valence-corrected chi connectivity index (χ0v) is 25.8. The van der Waals surface area contributed by atoms with Crippen LogP contribution in [0.5, 0.6) is 0 Å². The van der Waals surface area contributed by atoms with E-state index in [-0.39, 0.29) is 36.3 Å². The number of nitrogens with one attached hydrogen (secondary N) is 2. The molecule has 1 aliphatic heterocycles. The number of ether oxygens (including phenoxy) is 2. The monoisotopic (exact) mass is 606 g/mol. The third-order valence-electron chi connectivity index (χ3n) is 10.9. The molecule has 4 aromatic rings. The Morgan fingerprint density at radius 3 is 2.40 bits per heavy atom. The van der Waals surface area contributed by atoms with Crippen LogP contribution < -0.4 is 10.6 Å². The summed E-state index contributed by atoms with van der Waals surface area (Å²) in [5, 5.41) is 16.2. The summed E-state index contributed by atoms with van der Waals surface area (Å²) in [6.45, 7) is 2.79. The number of aromatic nitrogens is 2. The molecule has 8 nitrogen and oxygen atoms in total. The number of para-hydroxylation sites is 2. The van der Waals surface area contributed by atoms with Crippen LogP contribution in [-0.2, 0) is 22.6 Å². The van der Waals surface area contributed by atoms with Crippen molar-refractivity contribution in [1.82, 2.24) is 14.9 Å². The molecule has 5 fully saturated rings. The van der Waals surface area contributed by atoms with Crippen molar-refractivity contribution in [3.05, 3.63) is 95.8 Å². The lowest BCUT2D eigenvalue weighted by Gasteiger charge is -2.56. The van der Waals surface area contributed by atoms with E-state index in [0.29, 0.717) is 6.54 Å². The Morgan fingerprint density at radius 2 is 1.67 bits per heavy atom. The number of aliphatic hydroxyl groups is 1. The number of hydrogen-bond donors (Lipinski definition) is 3. The van der Waals surface area contributed by atoms with Gasteiger partial charge in [-0.1, -0.05) is 55.5 Å². The van der Waals surface area contributed by atoms with Crippen molar-refractivity contribution in [1.29, 1.82) is 0 Å². The molecular formula is C37H42N4O4. The van der Waals surface area contributed by atoms with Gasteiger partial charge >= 0.3 is 6.03 Å². The summed E-state index contributed by atoms with van der Waals surface area (Å²) in [7, 11) is 0. The number of hydrogen-bond acceptors (Lipinski definition) is 5. The van der Waals surface area contributed by atoms with E-state index < -0.39 is 6.29 Å². The number of anilines is 1. The Kier molecular flexibility index (Phi) is 7.39. The van der Waals surface area contributed by atoms with Gasteiger partial charge in [0.25, 0.3) is 0 Å². The molecule has 4 aliphatic carbocycles. The minimum Gasteiger partial charge on any atom is -0.392 e. The molecule has 1 saturated heterocycles. The number of aliphatic hydroxyl groups excluding tert-OH is 1. The number of amides is 2. The predicted molar refractivity (Wildman–Crippen MR) is 172 cm³/mol. The fourth-order valence-corrected chi connectivity index (χ4v) is 9.11. The largest absolute Gasteiger partial charge is 0.392 e. The van der Waals surface area contributed by atoms with Gasteiger partial charge in [-0.25, -0.2) is 9.78 Å². The summed E-state index contributed by atoms with van der Waals surface area (Å²) in [5.41, 5.74) is 5.45. The molecule has 45 heavy (non-hydrogen) atoms. The Hall–Kier alpha value is -3.72. The second kappa shape index (κ2) is 11.6. The van der Waals surface area contributed by atoms with Gasteiger partial charge in [-0.15, -0.1) is 0 Å². The van der Waals surface area contributed by atoms with Crippen LogP contribution in [0.3, 0.4) is 0 Å². The number of rotatable bonds is 7. The van der Waals surface area contributed by atoms with Crippen LogP contribution in [-0.4, -0.2) is 32.3 Å². The van der Waals surface area contributed by atoms with Crippen molar-refractivity contribution in [3.63, 3.8) is 0 Å². The second-order valence-corrected chi connectivity index (χ2v) is 14.1. The molecule has 5 aliphatic rings. The smallest absolute Gasteiger partial charge is 0.319 e. The highest BCUT2D eigenvalue weighted by atomic mass is 16.7. The van der Waals surface area contributed by atoms with Gasteiger partial charge in [0, 0.05) is 22.7 Å². The molecule has 4 saturated carbocycles. The molecule has 4 atom stereocenters. The van der Waals surface area contributed by atoms with E-state index >= 15 is 0 Å². The number of fused-ring (bicyclic) bond motifs is 1. The SMILES string of the molecule is C[C@H]1[C@@H](Cn2cnc3ccccc32)O[C@@H](c2cccc(NC(=O)NC34CC5CC(CC(C5)C3)C4)c2)O[C@H]1c1ccc(CO)cc1. The average molecular weight is 607 g/mol. The van der Waals surface area contributed by atoms with Crippen LogP contribution in [0.1, 0.15) is 74.5 Å². The molecule has 2 heterocycles. The number of carbonyl (C=O) groups excluding carboxylic acids is 1. The molecule has 3 aromatic carbocycles. The summed E-state index contributed by atoms with van der Waals surface area (Å²) in [5.74, 6) is 2.34. The lowest BCUT2D eigenvalue weighted by Crippen LogP contribution is -2.60. The maximum Gasteiger partial charge on any atom is 0.319 e. The number of nitrogens with zero attached hydrogens (tertiary/aromatic N) is 2. The van der Waals surface area contributed by atoms with Gasteiger partial charge in [0.15, 0.2) is 6.29 Å². The van der Waals surface area contributed by atoms with Crippen molar-refractivity contribution in [2.45, 2.75) is 82.6 Å². The van der Waals surface area contributed by atoms with Crippen LogP contribution >= 0.6 is 0 Å². The zero-order valence-electron chi connectivity index (χ0n) is 25.8. The van der Waals surface area contributed by atoms with E-state index in [1.54, 1.807) is 0 Å². The number of benzene rings is 3. The van der Waals surface area contributed by atoms with Gasteiger partial charge in [0.2, 0.25) is 0 Å². The third-order valence-corrected chi connectivity index (χ3v) is 10.9. The highest BCUT2D eigenvalue weighted by Gasteiger charge is 2.51. The molecule has 1 aromatic heterocycles. The third kappa shape index (κ3) is 5.64. The fourth-order valence-electron chi connectivity index (χ4n) is 9.11. The Bertz CT molecular complexity index is 1650. The van der Waals surface area contributed by atoms with Crippen LogP contribution in [0.4, 0.5) is 10.5 Å². The summed E-state index contributed by atoms with van der Waals surface area (Å²) in [4.78, 5) is 17.9. The van der Waals surface area contributed by atoms with Gasteiger partial charge in [0.1, 0.15) is 0 Å². The topological polar surface area (TPSA) is 97.6 Å².